The third kappa shape index (κ3) is 4.41. The summed E-state index contributed by atoms with van der Waals surface area (Å²) in [6.07, 6.45) is 4.03. The standard InChI is InChI=1S/C12H15Cl3N2O2/c1-2-3-4-5-6-19-12(18)10-7(13)9(16)8(14)11(15)17-10/h2-6H2,1H3,(H2,16,17). The lowest BCUT2D eigenvalue weighted by molar-refractivity contribution is 0.0491. The molecule has 0 aliphatic rings. The van der Waals surface area contributed by atoms with Gasteiger partial charge in [-0.2, -0.15) is 0 Å². The maximum atomic E-state index is 11.8. The fourth-order valence-corrected chi connectivity index (χ4v) is 2.01. The summed E-state index contributed by atoms with van der Waals surface area (Å²) in [4.78, 5) is 15.6. The molecule has 0 aliphatic carbocycles. The third-order valence-corrected chi connectivity index (χ3v) is 3.63. The molecule has 4 nitrogen and oxygen atoms in total. The quantitative estimate of drug-likeness (QED) is 0.479. The van der Waals surface area contributed by atoms with Crippen molar-refractivity contribution in [2.75, 3.05) is 12.3 Å². The lowest BCUT2D eigenvalue weighted by atomic mass is 10.2. The first-order chi connectivity index (χ1) is 8.99. The van der Waals surface area contributed by atoms with Crippen LogP contribution in [0.5, 0.6) is 0 Å². The van der Waals surface area contributed by atoms with Gasteiger partial charge in [-0.3, -0.25) is 0 Å². The fraction of sp³-hybridized carbons (Fsp3) is 0.500. The van der Waals surface area contributed by atoms with E-state index < -0.39 is 5.97 Å². The zero-order chi connectivity index (χ0) is 14.4. The van der Waals surface area contributed by atoms with Gasteiger partial charge in [-0.25, -0.2) is 9.78 Å². The number of carbonyl (C=O) groups excluding carboxylic acids is 1. The predicted octanol–water partition coefficient (Wildman–Crippen LogP) is 4.36. The van der Waals surface area contributed by atoms with Crippen molar-refractivity contribution >= 4 is 46.5 Å². The smallest absolute Gasteiger partial charge is 0.358 e. The van der Waals surface area contributed by atoms with Gasteiger partial charge in [0.1, 0.15) is 5.02 Å². The number of hydrogen-bond donors (Lipinski definition) is 1. The number of nitrogens with zero attached hydrogens (tertiary/aromatic N) is 1. The lowest BCUT2D eigenvalue weighted by Gasteiger charge is -2.09. The van der Waals surface area contributed by atoms with Gasteiger partial charge in [-0.15, -0.1) is 0 Å². The highest BCUT2D eigenvalue weighted by Gasteiger charge is 2.20. The van der Waals surface area contributed by atoms with Crippen LogP contribution in [0.2, 0.25) is 15.2 Å². The first kappa shape index (κ1) is 16.3. The van der Waals surface area contributed by atoms with Crippen molar-refractivity contribution < 1.29 is 9.53 Å². The third-order valence-electron chi connectivity index (χ3n) is 2.50. The Morgan fingerprint density at radius 1 is 1.21 bits per heavy atom. The molecule has 1 heterocycles. The highest BCUT2D eigenvalue weighted by molar-refractivity contribution is 6.46. The summed E-state index contributed by atoms with van der Waals surface area (Å²) in [7, 11) is 0. The molecule has 0 spiro atoms. The average Bonchev–Trinajstić information content (AvgIpc) is 2.40. The second kappa shape index (κ2) is 7.78. The van der Waals surface area contributed by atoms with E-state index in [0.717, 1.165) is 25.7 Å². The zero-order valence-corrected chi connectivity index (χ0v) is 12.8. The van der Waals surface area contributed by atoms with E-state index in [1.807, 2.05) is 0 Å². The maximum Gasteiger partial charge on any atom is 0.358 e. The van der Waals surface area contributed by atoms with Gasteiger partial charge in [0.15, 0.2) is 10.8 Å². The second-order valence-corrected chi connectivity index (χ2v) is 5.10. The average molecular weight is 326 g/mol. The number of pyridine rings is 1. The molecule has 7 heteroatoms. The van der Waals surface area contributed by atoms with E-state index in [2.05, 4.69) is 11.9 Å². The molecule has 0 atom stereocenters. The summed E-state index contributed by atoms with van der Waals surface area (Å²) in [6, 6.07) is 0. The number of anilines is 1. The molecule has 0 saturated carbocycles. The summed E-state index contributed by atoms with van der Waals surface area (Å²) < 4.78 is 5.06. The topological polar surface area (TPSA) is 65.2 Å². The molecule has 1 aromatic heterocycles. The van der Waals surface area contributed by atoms with Crippen LogP contribution in [0.25, 0.3) is 0 Å². The van der Waals surface area contributed by atoms with E-state index in [9.17, 15) is 4.79 Å². The van der Waals surface area contributed by atoms with E-state index in [0.29, 0.717) is 6.61 Å². The maximum absolute atomic E-state index is 11.8. The Labute approximate surface area is 127 Å². The van der Waals surface area contributed by atoms with Crippen LogP contribution < -0.4 is 5.73 Å². The van der Waals surface area contributed by atoms with Crippen molar-refractivity contribution in [3.8, 4) is 0 Å². The van der Waals surface area contributed by atoms with Crippen LogP contribution >= 0.6 is 34.8 Å². The SMILES string of the molecule is CCCCCCOC(=O)c1nc(Cl)c(Cl)c(N)c1Cl. The Hall–Kier alpha value is -0.710. The number of halogens is 3. The van der Waals surface area contributed by atoms with Gasteiger partial charge in [0, 0.05) is 0 Å². The van der Waals surface area contributed by atoms with Crippen LogP contribution in [0.4, 0.5) is 5.69 Å². The molecule has 0 aliphatic heterocycles. The number of unbranched alkanes of at least 4 members (excludes halogenated alkanes) is 3. The zero-order valence-electron chi connectivity index (χ0n) is 10.5. The van der Waals surface area contributed by atoms with Gasteiger partial charge in [0.05, 0.1) is 17.3 Å². The molecule has 106 valence electrons. The molecule has 1 aromatic rings. The Morgan fingerprint density at radius 2 is 1.89 bits per heavy atom. The minimum absolute atomic E-state index is 0.0290. The first-order valence-electron chi connectivity index (χ1n) is 5.96. The van der Waals surface area contributed by atoms with Crippen molar-refractivity contribution in [1.82, 2.24) is 4.98 Å². The predicted molar refractivity (Wildman–Crippen MR) is 78.1 cm³/mol. The molecule has 1 rings (SSSR count). The number of aromatic nitrogens is 1. The summed E-state index contributed by atoms with van der Waals surface area (Å²) in [6.45, 7) is 2.42. The van der Waals surface area contributed by atoms with Crippen LogP contribution in [0.3, 0.4) is 0 Å². The fourth-order valence-electron chi connectivity index (χ4n) is 1.43. The molecule has 0 aromatic carbocycles. The summed E-state index contributed by atoms with van der Waals surface area (Å²) in [5.74, 6) is -0.647. The first-order valence-corrected chi connectivity index (χ1v) is 7.09. The number of nitrogen functional groups attached to an aromatic ring is 1. The largest absolute Gasteiger partial charge is 0.461 e. The molecule has 0 saturated heterocycles. The van der Waals surface area contributed by atoms with Gasteiger partial charge < -0.3 is 10.5 Å². The monoisotopic (exact) mass is 324 g/mol. The normalized spacial score (nSPS) is 10.5. The van der Waals surface area contributed by atoms with E-state index in [4.69, 9.17) is 45.3 Å². The van der Waals surface area contributed by atoms with Crippen molar-refractivity contribution in [3.63, 3.8) is 0 Å². The Balaban J connectivity index is 2.67. The molecule has 19 heavy (non-hydrogen) atoms. The van der Waals surface area contributed by atoms with Gasteiger partial charge >= 0.3 is 5.97 Å². The van der Waals surface area contributed by atoms with E-state index >= 15 is 0 Å². The van der Waals surface area contributed by atoms with Crippen LogP contribution in [0, 0.1) is 0 Å². The van der Waals surface area contributed by atoms with Crippen molar-refractivity contribution in [3.05, 3.63) is 20.9 Å². The van der Waals surface area contributed by atoms with Crippen LogP contribution in [0.1, 0.15) is 43.1 Å². The van der Waals surface area contributed by atoms with E-state index in [-0.39, 0.29) is 26.6 Å². The Morgan fingerprint density at radius 3 is 2.53 bits per heavy atom. The molecule has 0 bridgehead atoms. The van der Waals surface area contributed by atoms with Crippen molar-refractivity contribution in [2.45, 2.75) is 32.6 Å². The van der Waals surface area contributed by atoms with Gasteiger partial charge in [-0.1, -0.05) is 61.0 Å². The van der Waals surface area contributed by atoms with Crippen LogP contribution in [-0.4, -0.2) is 17.6 Å². The molecule has 0 fully saturated rings. The number of hydrogen-bond acceptors (Lipinski definition) is 4. The minimum Gasteiger partial charge on any atom is -0.461 e. The van der Waals surface area contributed by atoms with E-state index in [1.165, 1.54) is 0 Å². The number of nitrogens with two attached hydrogens (primary N) is 1. The number of carbonyl (C=O) groups is 1. The lowest BCUT2D eigenvalue weighted by Crippen LogP contribution is -2.11. The molecule has 0 amide bonds. The van der Waals surface area contributed by atoms with Gasteiger partial charge in [0.2, 0.25) is 0 Å². The number of rotatable bonds is 6. The van der Waals surface area contributed by atoms with Gasteiger partial charge in [0.25, 0.3) is 0 Å². The Kier molecular flexibility index (Phi) is 6.69. The highest BCUT2D eigenvalue weighted by Crippen LogP contribution is 2.34. The van der Waals surface area contributed by atoms with Gasteiger partial charge in [-0.05, 0) is 6.42 Å². The Bertz CT molecular complexity index is 467. The molecule has 0 radical (unpaired) electrons. The van der Waals surface area contributed by atoms with Crippen molar-refractivity contribution in [1.29, 1.82) is 0 Å². The number of ether oxygens (including phenoxy) is 1. The summed E-state index contributed by atoms with van der Waals surface area (Å²) in [5, 5.41) is -0.0689. The molecule has 0 unspecified atom stereocenters. The number of esters is 1. The van der Waals surface area contributed by atoms with Crippen molar-refractivity contribution in [2.24, 2.45) is 0 Å². The molecular weight excluding hydrogens is 311 g/mol. The minimum atomic E-state index is -0.647. The highest BCUT2D eigenvalue weighted by atomic mass is 35.5. The van der Waals surface area contributed by atoms with Crippen LogP contribution in [-0.2, 0) is 4.74 Å². The second-order valence-electron chi connectivity index (χ2n) is 3.99. The van der Waals surface area contributed by atoms with Crippen LogP contribution in [0.15, 0.2) is 0 Å². The molecule has 2 N–H and O–H groups in total. The summed E-state index contributed by atoms with van der Waals surface area (Å²) >= 11 is 17.4. The molecular formula is C12H15Cl3N2O2. The van der Waals surface area contributed by atoms with E-state index in [1.54, 1.807) is 0 Å². The summed E-state index contributed by atoms with van der Waals surface area (Å²) in [5.41, 5.74) is 5.54.